The molecule has 14 heavy (non-hydrogen) atoms. The van der Waals surface area contributed by atoms with Crippen molar-refractivity contribution >= 4 is 11.3 Å². The molecule has 1 saturated heterocycles. The first-order chi connectivity index (χ1) is 6.87. The summed E-state index contributed by atoms with van der Waals surface area (Å²) in [5.74, 6) is 0. The molecule has 1 N–H and O–H groups in total. The molecule has 1 atom stereocenters. The molecule has 1 fully saturated rings. The maximum Gasteiger partial charge on any atom is 0.115 e. The van der Waals surface area contributed by atoms with Gasteiger partial charge in [-0.2, -0.15) is 0 Å². The van der Waals surface area contributed by atoms with Crippen molar-refractivity contribution in [3.63, 3.8) is 0 Å². The maximum atomic E-state index is 5.57. The Bertz CT molecular complexity index is 262. The van der Waals surface area contributed by atoms with E-state index in [4.69, 9.17) is 4.74 Å². The van der Waals surface area contributed by atoms with E-state index in [9.17, 15) is 0 Å². The van der Waals surface area contributed by atoms with E-state index in [0.717, 1.165) is 32.6 Å². The molecule has 1 aromatic rings. The lowest BCUT2D eigenvalue weighted by atomic mass is 9.93. The Hall–Kier alpha value is -0.450. The lowest BCUT2D eigenvalue weighted by molar-refractivity contribution is 0.0188. The third kappa shape index (κ3) is 1.82. The van der Waals surface area contributed by atoms with Crippen LogP contribution in [0.5, 0.6) is 0 Å². The molecular formula is C10H16N2OS. The zero-order chi connectivity index (χ0) is 9.86. The molecule has 2 heterocycles. The first kappa shape index (κ1) is 10.1. The van der Waals surface area contributed by atoms with Crippen molar-refractivity contribution in [3.8, 4) is 0 Å². The highest BCUT2D eigenvalue weighted by molar-refractivity contribution is 7.09. The van der Waals surface area contributed by atoms with Crippen LogP contribution in [0.3, 0.4) is 0 Å². The van der Waals surface area contributed by atoms with E-state index in [1.54, 1.807) is 11.3 Å². The van der Waals surface area contributed by atoms with E-state index in [2.05, 4.69) is 17.2 Å². The van der Waals surface area contributed by atoms with Gasteiger partial charge in [0.05, 0.1) is 12.1 Å². The fourth-order valence-corrected chi connectivity index (χ4v) is 2.81. The summed E-state index contributed by atoms with van der Waals surface area (Å²) in [5, 5.41) is 6.72. The molecule has 0 saturated carbocycles. The summed E-state index contributed by atoms with van der Waals surface area (Å²) in [7, 11) is 0. The molecule has 2 rings (SSSR count). The number of aromatic nitrogens is 1. The van der Waals surface area contributed by atoms with E-state index in [1.807, 2.05) is 11.6 Å². The zero-order valence-corrected chi connectivity index (χ0v) is 9.27. The van der Waals surface area contributed by atoms with Gasteiger partial charge in [0.1, 0.15) is 5.01 Å². The van der Waals surface area contributed by atoms with Crippen molar-refractivity contribution < 1.29 is 4.74 Å². The monoisotopic (exact) mass is 212 g/mol. The SMILES string of the molecule is CCNC1(c2nccs2)CCCOC1. The second-order valence-electron chi connectivity index (χ2n) is 3.61. The lowest BCUT2D eigenvalue weighted by Gasteiger charge is -2.35. The Kier molecular flexibility index (Phi) is 3.15. The van der Waals surface area contributed by atoms with Gasteiger partial charge in [0, 0.05) is 18.2 Å². The quantitative estimate of drug-likeness (QED) is 0.829. The van der Waals surface area contributed by atoms with Gasteiger partial charge in [0.25, 0.3) is 0 Å². The van der Waals surface area contributed by atoms with Crippen LogP contribution in [0.25, 0.3) is 0 Å². The Morgan fingerprint density at radius 2 is 2.64 bits per heavy atom. The van der Waals surface area contributed by atoms with Crippen LogP contribution in [-0.2, 0) is 10.3 Å². The van der Waals surface area contributed by atoms with Crippen LogP contribution >= 0.6 is 11.3 Å². The molecule has 0 aromatic carbocycles. The van der Waals surface area contributed by atoms with Crippen molar-refractivity contribution in [2.45, 2.75) is 25.3 Å². The summed E-state index contributed by atoms with van der Waals surface area (Å²) >= 11 is 1.71. The lowest BCUT2D eigenvalue weighted by Crippen LogP contribution is -2.48. The molecule has 78 valence electrons. The molecule has 0 radical (unpaired) electrons. The zero-order valence-electron chi connectivity index (χ0n) is 8.45. The number of thiazole rings is 1. The van der Waals surface area contributed by atoms with E-state index in [-0.39, 0.29) is 5.54 Å². The van der Waals surface area contributed by atoms with Crippen molar-refractivity contribution in [1.82, 2.24) is 10.3 Å². The smallest absolute Gasteiger partial charge is 0.115 e. The van der Waals surface area contributed by atoms with Crippen LogP contribution in [-0.4, -0.2) is 24.7 Å². The average Bonchev–Trinajstić information content (AvgIpc) is 2.73. The fourth-order valence-electron chi connectivity index (χ4n) is 1.98. The summed E-state index contributed by atoms with van der Waals surface area (Å²) in [6, 6.07) is 0. The van der Waals surface area contributed by atoms with Crippen LogP contribution in [0, 0.1) is 0 Å². The Morgan fingerprint density at radius 1 is 1.71 bits per heavy atom. The van der Waals surface area contributed by atoms with Crippen LogP contribution < -0.4 is 5.32 Å². The standard InChI is InChI=1S/C10H16N2OS/c1-2-12-10(4-3-6-13-8-10)9-11-5-7-14-9/h5,7,12H,2-4,6,8H2,1H3. The highest BCUT2D eigenvalue weighted by atomic mass is 32.1. The molecule has 1 unspecified atom stereocenters. The van der Waals surface area contributed by atoms with E-state index < -0.39 is 0 Å². The summed E-state index contributed by atoms with van der Waals surface area (Å²) in [5.41, 5.74) is -0.0127. The maximum absolute atomic E-state index is 5.57. The molecule has 4 heteroatoms. The van der Waals surface area contributed by atoms with Crippen LogP contribution in [0.1, 0.15) is 24.8 Å². The molecule has 1 aliphatic rings. The van der Waals surface area contributed by atoms with Gasteiger partial charge in [-0.05, 0) is 19.4 Å². The molecule has 0 bridgehead atoms. The van der Waals surface area contributed by atoms with Gasteiger partial charge in [-0.3, -0.25) is 0 Å². The fraction of sp³-hybridized carbons (Fsp3) is 0.700. The van der Waals surface area contributed by atoms with Crippen LogP contribution in [0.4, 0.5) is 0 Å². The molecular weight excluding hydrogens is 196 g/mol. The summed E-state index contributed by atoms with van der Waals surface area (Å²) in [6.45, 7) is 4.74. The van der Waals surface area contributed by atoms with Crippen molar-refractivity contribution in [1.29, 1.82) is 0 Å². The number of ether oxygens (including phenoxy) is 1. The molecule has 3 nitrogen and oxygen atoms in total. The van der Waals surface area contributed by atoms with Gasteiger partial charge in [0.2, 0.25) is 0 Å². The highest BCUT2D eigenvalue weighted by Crippen LogP contribution is 2.31. The van der Waals surface area contributed by atoms with Gasteiger partial charge in [-0.25, -0.2) is 4.98 Å². The normalized spacial score (nSPS) is 27.8. The Labute approximate surface area is 88.5 Å². The van der Waals surface area contributed by atoms with E-state index in [0.29, 0.717) is 0 Å². The second kappa shape index (κ2) is 4.38. The molecule has 1 aliphatic heterocycles. The minimum atomic E-state index is -0.0127. The van der Waals surface area contributed by atoms with Gasteiger partial charge < -0.3 is 10.1 Å². The highest BCUT2D eigenvalue weighted by Gasteiger charge is 2.35. The van der Waals surface area contributed by atoms with Crippen molar-refractivity contribution in [3.05, 3.63) is 16.6 Å². The minimum Gasteiger partial charge on any atom is -0.379 e. The average molecular weight is 212 g/mol. The number of nitrogens with zero attached hydrogens (tertiary/aromatic N) is 1. The first-order valence-electron chi connectivity index (χ1n) is 5.10. The summed E-state index contributed by atoms with van der Waals surface area (Å²) < 4.78 is 5.57. The van der Waals surface area contributed by atoms with E-state index in [1.165, 1.54) is 5.01 Å². The molecule has 1 aromatic heterocycles. The van der Waals surface area contributed by atoms with Crippen molar-refractivity contribution in [2.24, 2.45) is 0 Å². The summed E-state index contributed by atoms with van der Waals surface area (Å²) in [6.07, 6.45) is 4.12. The first-order valence-corrected chi connectivity index (χ1v) is 5.98. The summed E-state index contributed by atoms with van der Waals surface area (Å²) in [4.78, 5) is 4.41. The Morgan fingerprint density at radius 3 is 3.21 bits per heavy atom. The van der Waals surface area contributed by atoms with Gasteiger partial charge in [-0.1, -0.05) is 6.92 Å². The molecule has 0 amide bonds. The largest absolute Gasteiger partial charge is 0.379 e. The Balaban J connectivity index is 2.20. The van der Waals surface area contributed by atoms with Gasteiger partial charge >= 0.3 is 0 Å². The van der Waals surface area contributed by atoms with Gasteiger partial charge in [-0.15, -0.1) is 11.3 Å². The number of likely N-dealkylation sites (N-methyl/N-ethyl adjacent to an activating group) is 1. The molecule has 0 spiro atoms. The molecule has 0 aliphatic carbocycles. The third-order valence-electron chi connectivity index (χ3n) is 2.60. The minimum absolute atomic E-state index is 0.0127. The van der Waals surface area contributed by atoms with Crippen LogP contribution in [0.15, 0.2) is 11.6 Å². The predicted octanol–water partition coefficient (Wildman–Crippen LogP) is 1.76. The van der Waals surface area contributed by atoms with Gasteiger partial charge in [0.15, 0.2) is 0 Å². The van der Waals surface area contributed by atoms with Crippen LogP contribution in [0.2, 0.25) is 0 Å². The number of hydrogen-bond acceptors (Lipinski definition) is 4. The topological polar surface area (TPSA) is 34.2 Å². The third-order valence-corrected chi connectivity index (χ3v) is 3.57. The van der Waals surface area contributed by atoms with Crippen molar-refractivity contribution in [2.75, 3.05) is 19.8 Å². The number of hydrogen-bond donors (Lipinski definition) is 1. The second-order valence-corrected chi connectivity index (χ2v) is 4.50. The predicted molar refractivity (Wildman–Crippen MR) is 57.5 cm³/mol. The van der Waals surface area contributed by atoms with E-state index >= 15 is 0 Å². The number of rotatable bonds is 3. The number of nitrogens with one attached hydrogen (secondary N) is 1.